The molecular formula is C22H24Cl2N2O3. The molecule has 3 unspecified atom stereocenters. The molecule has 2 aliphatic heterocycles. The summed E-state index contributed by atoms with van der Waals surface area (Å²) in [6.45, 7) is 3.41. The van der Waals surface area contributed by atoms with Gasteiger partial charge in [-0.3, -0.25) is 4.79 Å². The molecule has 0 radical (unpaired) electrons. The number of hydrogen-bond acceptors (Lipinski definition) is 4. The molecule has 3 atom stereocenters. The van der Waals surface area contributed by atoms with E-state index in [2.05, 4.69) is 11.4 Å². The third-order valence-corrected chi connectivity index (χ3v) is 6.24. The van der Waals surface area contributed by atoms with Crippen LogP contribution in [0.15, 0.2) is 42.5 Å². The number of benzene rings is 2. The molecule has 1 N–H and O–H groups in total. The van der Waals surface area contributed by atoms with E-state index < -0.39 is 0 Å². The normalized spacial score (nSPS) is 25.1. The molecule has 0 bridgehead atoms. The highest BCUT2D eigenvalue weighted by Gasteiger charge is 2.47. The Hall–Kier alpha value is -1.95. The summed E-state index contributed by atoms with van der Waals surface area (Å²) in [5, 5.41) is 4.11. The standard InChI is InChI=1S/C22H23ClN2O3.ClH/c23-18-4-2-1-3-15(18)19-13-24-7-8-25(19)22(26)17-12-16(17)14-5-6-20-21(11-14)28-10-9-27-20;/h1-6,11,16-17,19,24H,7-10,12-13H2;1H. The van der Waals surface area contributed by atoms with Crippen molar-refractivity contribution >= 4 is 29.9 Å². The summed E-state index contributed by atoms with van der Waals surface area (Å²) < 4.78 is 11.3. The van der Waals surface area contributed by atoms with E-state index in [4.69, 9.17) is 21.1 Å². The molecule has 2 aromatic carbocycles. The quantitative estimate of drug-likeness (QED) is 0.797. The number of piperazine rings is 1. The van der Waals surface area contributed by atoms with Crippen LogP contribution in [0.5, 0.6) is 11.5 Å². The highest BCUT2D eigenvalue weighted by atomic mass is 35.5. The van der Waals surface area contributed by atoms with E-state index in [1.807, 2.05) is 41.3 Å². The van der Waals surface area contributed by atoms with Gasteiger partial charge in [0.05, 0.1) is 6.04 Å². The highest BCUT2D eigenvalue weighted by molar-refractivity contribution is 6.31. The van der Waals surface area contributed by atoms with Gasteiger partial charge in [0.2, 0.25) is 5.91 Å². The Morgan fingerprint density at radius 1 is 1.10 bits per heavy atom. The van der Waals surface area contributed by atoms with Crippen LogP contribution in [-0.2, 0) is 4.79 Å². The Balaban J connectivity index is 0.00000205. The summed E-state index contributed by atoms with van der Waals surface area (Å²) in [4.78, 5) is 15.3. The number of fused-ring (bicyclic) bond motifs is 1. The number of nitrogens with one attached hydrogen (secondary N) is 1. The minimum absolute atomic E-state index is 0. The molecule has 29 heavy (non-hydrogen) atoms. The molecule has 2 heterocycles. The van der Waals surface area contributed by atoms with Crippen molar-refractivity contribution in [2.45, 2.75) is 18.4 Å². The van der Waals surface area contributed by atoms with Gasteiger partial charge in [-0.15, -0.1) is 12.4 Å². The number of halogens is 2. The maximum Gasteiger partial charge on any atom is 0.226 e. The minimum atomic E-state index is -0.0172. The Kier molecular flexibility index (Phi) is 5.91. The topological polar surface area (TPSA) is 50.8 Å². The van der Waals surface area contributed by atoms with Gasteiger partial charge in [0.15, 0.2) is 11.5 Å². The average Bonchev–Trinajstić information content (AvgIpc) is 3.54. The van der Waals surface area contributed by atoms with Crippen LogP contribution in [0.1, 0.15) is 29.5 Å². The first-order chi connectivity index (χ1) is 13.7. The van der Waals surface area contributed by atoms with Gasteiger partial charge in [-0.2, -0.15) is 0 Å². The number of carbonyl (C=O) groups is 1. The van der Waals surface area contributed by atoms with Crippen molar-refractivity contribution in [2.75, 3.05) is 32.8 Å². The van der Waals surface area contributed by atoms with Gasteiger partial charge in [-0.05, 0) is 41.7 Å². The lowest BCUT2D eigenvalue weighted by Gasteiger charge is -2.37. The second-order valence-corrected chi connectivity index (χ2v) is 8.03. The zero-order valence-electron chi connectivity index (χ0n) is 16.0. The Morgan fingerprint density at radius 2 is 1.90 bits per heavy atom. The van der Waals surface area contributed by atoms with E-state index in [-0.39, 0.29) is 36.2 Å². The Labute approximate surface area is 181 Å². The number of hydrogen-bond donors (Lipinski definition) is 1. The van der Waals surface area contributed by atoms with E-state index in [1.165, 1.54) is 0 Å². The minimum Gasteiger partial charge on any atom is -0.486 e. The van der Waals surface area contributed by atoms with Crippen LogP contribution in [0.4, 0.5) is 0 Å². The lowest BCUT2D eigenvalue weighted by molar-refractivity contribution is -0.136. The molecule has 154 valence electrons. The zero-order valence-corrected chi connectivity index (χ0v) is 17.5. The van der Waals surface area contributed by atoms with E-state index in [9.17, 15) is 4.79 Å². The zero-order chi connectivity index (χ0) is 19.1. The number of ether oxygens (including phenoxy) is 2. The fourth-order valence-electron chi connectivity index (χ4n) is 4.33. The summed E-state index contributed by atoms with van der Waals surface area (Å²) >= 11 is 6.42. The molecule has 0 aromatic heterocycles. The molecule has 1 saturated carbocycles. The molecule has 1 saturated heterocycles. The van der Waals surface area contributed by atoms with Crippen LogP contribution in [-0.4, -0.2) is 43.7 Å². The summed E-state index contributed by atoms with van der Waals surface area (Å²) in [6.07, 6.45) is 0.887. The fraction of sp³-hybridized carbons (Fsp3) is 0.409. The predicted octanol–water partition coefficient (Wildman–Crippen LogP) is 3.81. The number of carbonyl (C=O) groups excluding carboxylic acids is 1. The van der Waals surface area contributed by atoms with Crippen LogP contribution in [0.3, 0.4) is 0 Å². The monoisotopic (exact) mass is 434 g/mol. The first-order valence-electron chi connectivity index (χ1n) is 9.87. The maximum absolute atomic E-state index is 13.3. The second kappa shape index (κ2) is 8.42. The van der Waals surface area contributed by atoms with Crippen molar-refractivity contribution in [3.8, 4) is 11.5 Å². The highest BCUT2D eigenvalue weighted by Crippen LogP contribution is 2.51. The van der Waals surface area contributed by atoms with Crippen molar-refractivity contribution in [3.05, 3.63) is 58.6 Å². The molecule has 3 aliphatic rings. The number of nitrogens with zero attached hydrogens (tertiary/aromatic N) is 1. The van der Waals surface area contributed by atoms with E-state index in [0.29, 0.717) is 24.8 Å². The molecule has 7 heteroatoms. The van der Waals surface area contributed by atoms with E-state index >= 15 is 0 Å². The Bertz CT molecular complexity index is 907. The molecule has 5 rings (SSSR count). The smallest absolute Gasteiger partial charge is 0.226 e. The van der Waals surface area contributed by atoms with E-state index in [0.717, 1.165) is 42.1 Å². The van der Waals surface area contributed by atoms with Gasteiger partial charge in [-0.25, -0.2) is 0 Å². The van der Waals surface area contributed by atoms with Crippen molar-refractivity contribution < 1.29 is 14.3 Å². The third-order valence-electron chi connectivity index (χ3n) is 5.89. The van der Waals surface area contributed by atoms with Gasteiger partial charge >= 0.3 is 0 Å². The van der Waals surface area contributed by atoms with Crippen LogP contribution in [0.2, 0.25) is 5.02 Å². The molecule has 1 aliphatic carbocycles. The lowest BCUT2D eigenvalue weighted by atomic mass is 10.0. The number of rotatable bonds is 3. The molecule has 2 fully saturated rings. The first kappa shape index (κ1) is 20.3. The molecule has 1 amide bonds. The van der Waals surface area contributed by atoms with Crippen molar-refractivity contribution in [1.82, 2.24) is 10.2 Å². The van der Waals surface area contributed by atoms with Gasteiger partial charge in [0.1, 0.15) is 13.2 Å². The second-order valence-electron chi connectivity index (χ2n) is 7.62. The SMILES string of the molecule is Cl.O=C(C1CC1c1ccc2c(c1)OCCO2)N1CCNCC1c1ccccc1Cl. The maximum atomic E-state index is 13.3. The van der Waals surface area contributed by atoms with Crippen molar-refractivity contribution in [1.29, 1.82) is 0 Å². The van der Waals surface area contributed by atoms with Gasteiger partial charge in [0.25, 0.3) is 0 Å². The van der Waals surface area contributed by atoms with E-state index in [1.54, 1.807) is 0 Å². The van der Waals surface area contributed by atoms with Crippen molar-refractivity contribution in [2.24, 2.45) is 5.92 Å². The van der Waals surface area contributed by atoms with Crippen LogP contribution in [0, 0.1) is 5.92 Å². The van der Waals surface area contributed by atoms with Crippen LogP contribution < -0.4 is 14.8 Å². The first-order valence-corrected chi connectivity index (χ1v) is 10.3. The number of amides is 1. The van der Waals surface area contributed by atoms with Gasteiger partial charge in [0, 0.05) is 30.6 Å². The molecule has 2 aromatic rings. The summed E-state index contributed by atoms with van der Waals surface area (Å²) in [7, 11) is 0. The Morgan fingerprint density at radius 3 is 2.72 bits per heavy atom. The van der Waals surface area contributed by atoms with Crippen LogP contribution >= 0.6 is 24.0 Å². The van der Waals surface area contributed by atoms with Crippen molar-refractivity contribution in [3.63, 3.8) is 0 Å². The molecule has 0 spiro atoms. The largest absolute Gasteiger partial charge is 0.486 e. The van der Waals surface area contributed by atoms with Gasteiger partial charge in [-0.1, -0.05) is 35.9 Å². The third kappa shape index (κ3) is 3.91. The fourth-order valence-corrected chi connectivity index (χ4v) is 4.59. The molecular weight excluding hydrogens is 411 g/mol. The summed E-state index contributed by atoms with van der Waals surface area (Å²) in [5.41, 5.74) is 2.17. The lowest BCUT2D eigenvalue weighted by Crippen LogP contribution is -2.49. The molecule has 5 nitrogen and oxygen atoms in total. The average molecular weight is 435 g/mol. The summed E-state index contributed by atoms with van der Waals surface area (Å²) in [6, 6.07) is 13.9. The van der Waals surface area contributed by atoms with Crippen LogP contribution in [0.25, 0.3) is 0 Å². The van der Waals surface area contributed by atoms with Gasteiger partial charge < -0.3 is 19.7 Å². The predicted molar refractivity (Wildman–Crippen MR) is 114 cm³/mol. The summed E-state index contributed by atoms with van der Waals surface area (Å²) in [5.74, 6) is 2.10.